The topological polar surface area (TPSA) is 43.9 Å². The second-order valence-corrected chi connectivity index (χ2v) is 12.4. The molecule has 214 valence electrons. The van der Waals surface area contributed by atoms with E-state index in [1.165, 1.54) is 39.1 Å². The van der Waals surface area contributed by atoms with Crippen LogP contribution in [0.4, 0.5) is 0 Å². The zero-order valence-corrected chi connectivity index (χ0v) is 26.0. The first-order chi connectivity index (χ1) is 20.7. The number of pyridine rings is 1. The molecule has 7 rings (SSSR count). The quantitative estimate of drug-likeness (QED) is 0.209. The molecule has 0 atom stereocenters. The Hall–Kier alpha value is -4.70. The van der Waals surface area contributed by atoms with E-state index in [1.807, 2.05) is 6.92 Å². The molecule has 0 N–H and O–H groups in total. The average molecular weight is 564 g/mol. The number of hydrogen-bond donors (Lipinski definition) is 0. The molecule has 0 amide bonds. The number of fused-ring (bicyclic) bond motifs is 4. The molecule has 3 heterocycles. The zero-order valence-electron chi connectivity index (χ0n) is 26.0. The van der Waals surface area contributed by atoms with Gasteiger partial charge in [-0.25, -0.2) is 9.97 Å². The van der Waals surface area contributed by atoms with Crippen LogP contribution in [0.5, 0.6) is 0 Å². The van der Waals surface area contributed by atoms with E-state index in [4.69, 9.17) is 14.4 Å². The third-order valence-corrected chi connectivity index (χ3v) is 8.67. The van der Waals surface area contributed by atoms with Crippen molar-refractivity contribution < 1.29 is 4.42 Å². The van der Waals surface area contributed by atoms with Gasteiger partial charge in [0.25, 0.3) is 0 Å². The normalized spacial score (nSPS) is 12.0. The second kappa shape index (κ2) is 10.2. The highest BCUT2D eigenvalue weighted by Gasteiger charge is 2.26. The Bertz CT molecular complexity index is 2130. The minimum absolute atomic E-state index is 0.296. The molecule has 4 heteroatoms. The number of aryl methyl sites for hydroxylation is 3. The van der Waals surface area contributed by atoms with Gasteiger partial charge in [-0.05, 0) is 102 Å². The Morgan fingerprint density at radius 1 is 0.651 bits per heavy atom. The molecule has 3 aromatic heterocycles. The van der Waals surface area contributed by atoms with Gasteiger partial charge in [-0.3, -0.25) is 4.57 Å². The smallest absolute Gasteiger partial charge is 0.227 e. The molecule has 4 nitrogen and oxygen atoms in total. The van der Waals surface area contributed by atoms with Crippen molar-refractivity contribution in [3.05, 3.63) is 113 Å². The Labute approximate surface area is 253 Å². The van der Waals surface area contributed by atoms with Crippen LogP contribution < -0.4 is 0 Å². The van der Waals surface area contributed by atoms with Crippen LogP contribution in [0.1, 0.15) is 67.5 Å². The van der Waals surface area contributed by atoms with Crippen molar-refractivity contribution in [3.8, 4) is 28.2 Å². The van der Waals surface area contributed by atoms with Crippen molar-refractivity contribution in [3.63, 3.8) is 0 Å². The van der Waals surface area contributed by atoms with Crippen LogP contribution in [0.25, 0.3) is 61.3 Å². The summed E-state index contributed by atoms with van der Waals surface area (Å²) in [6, 6.07) is 30.4. The fourth-order valence-electron chi connectivity index (χ4n) is 6.60. The highest BCUT2D eigenvalue weighted by Crippen LogP contribution is 2.43. The summed E-state index contributed by atoms with van der Waals surface area (Å²) >= 11 is 0. The van der Waals surface area contributed by atoms with E-state index in [-0.39, 0.29) is 0 Å². The van der Waals surface area contributed by atoms with Gasteiger partial charge in [0.05, 0.1) is 27.7 Å². The molecule has 0 fully saturated rings. The SMILES string of the molecule is Cc1cc(C)c2c(n1)oc1c(-c3nc4ccccc4n3-c3c(C(C)C)cc(-c4ccccc4)cc3C(C)C)ccc(C)c12. The van der Waals surface area contributed by atoms with Crippen LogP contribution in [0.2, 0.25) is 0 Å². The first-order valence-corrected chi connectivity index (χ1v) is 15.2. The molecule has 4 aromatic carbocycles. The number of hydrogen-bond acceptors (Lipinski definition) is 3. The van der Waals surface area contributed by atoms with E-state index in [9.17, 15) is 0 Å². The number of benzene rings is 4. The maximum atomic E-state index is 6.64. The van der Waals surface area contributed by atoms with Crippen molar-refractivity contribution >= 4 is 33.1 Å². The summed E-state index contributed by atoms with van der Waals surface area (Å²) in [7, 11) is 0. The number of aromatic nitrogens is 3. The van der Waals surface area contributed by atoms with E-state index in [1.54, 1.807) is 0 Å². The Balaban J connectivity index is 1.61. The van der Waals surface area contributed by atoms with E-state index >= 15 is 0 Å². The number of para-hydroxylation sites is 2. The largest absolute Gasteiger partial charge is 0.437 e. The molecule has 0 unspecified atom stereocenters. The number of nitrogens with zero attached hydrogens (tertiary/aromatic N) is 3. The van der Waals surface area contributed by atoms with Crippen molar-refractivity contribution in [2.24, 2.45) is 0 Å². The molecule has 0 radical (unpaired) electrons. The zero-order chi connectivity index (χ0) is 30.0. The number of rotatable bonds is 5. The first kappa shape index (κ1) is 27.2. The van der Waals surface area contributed by atoms with Gasteiger partial charge in [-0.1, -0.05) is 76.2 Å². The molecule has 43 heavy (non-hydrogen) atoms. The summed E-state index contributed by atoms with van der Waals surface area (Å²) in [5.41, 5.74) is 14.1. The van der Waals surface area contributed by atoms with Crippen molar-refractivity contribution in [1.82, 2.24) is 14.5 Å². The fourth-order valence-corrected chi connectivity index (χ4v) is 6.60. The van der Waals surface area contributed by atoms with E-state index < -0.39 is 0 Å². The van der Waals surface area contributed by atoms with Gasteiger partial charge < -0.3 is 4.42 Å². The van der Waals surface area contributed by atoms with Gasteiger partial charge in [-0.15, -0.1) is 0 Å². The molecule has 7 aromatic rings. The van der Waals surface area contributed by atoms with Gasteiger partial charge in [0.15, 0.2) is 0 Å². The lowest BCUT2D eigenvalue weighted by atomic mass is 9.88. The molecule has 0 spiro atoms. The van der Waals surface area contributed by atoms with E-state index in [0.29, 0.717) is 17.5 Å². The molecular formula is C39H37N3O. The fraction of sp³-hybridized carbons (Fsp3) is 0.231. The predicted octanol–water partition coefficient (Wildman–Crippen LogP) is 10.8. The molecule has 0 bridgehead atoms. The van der Waals surface area contributed by atoms with Crippen LogP contribution in [-0.4, -0.2) is 14.5 Å². The van der Waals surface area contributed by atoms with E-state index in [2.05, 4.69) is 131 Å². The maximum absolute atomic E-state index is 6.64. The average Bonchev–Trinajstić information content (AvgIpc) is 3.56. The van der Waals surface area contributed by atoms with E-state index in [0.717, 1.165) is 44.5 Å². The van der Waals surface area contributed by atoms with Gasteiger partial charge in [-0.2, -0.15) is 0 Å². The minimum atomic E-state index is 0.296. The number of furan rings is 1. The highest BCUT2D eigenvalue weighted by atomic mass is 16.3. The summed E-state index contributed by atoms with van der Waals surface area (Å²) < 4.78 is 9.02. The summed E-state index contributed by atoms with van der Waals surface area (Å²) in [6.07, 6.45) is 0. The predicted molar refractivity (Wildman–Crippen MR) is 179 cm³/mol. The highest BCUT2D eigenvalue weighted by molar-refractivity contribution is 6.11. The summed E-state index contributed by atoms with van der Waals surface area (Å²) in [4.78, 5) is 10.1. The molecule has 0 aliphatic carbocycles. The molecular weight excluding hydrogens is 526 g/mol. The summed E-state index contributed by atoms with van der Waals surface area (Å²) in [5, 5.41) is 2.20. The minimum Gasteiger partial charge on any atom is -0.437 e. The molecule has 0 saturated heterocycles. The monoisotopic (exact) mass is 563 g/mol. The van der Waals surface area contributed by atoms with Gasteiger partial charge in [0, 0.05) is 11.1 Å². The van der Waals surface area contributed by atoms with Crippen LogP contribution in [0.3, 0.4) is 0 Å². The second-order valence-electron chi connectivity index (χ2n) is 12.4. The molecule has 0 saturated carbocycles. The van der Waals surface area contributed by atoms with Crippen LogP contribution in [0.15, 0.2) is 89.3 Å². The van der Waals surface area contributed by atoms with Crippen LogP contribution >= 0.6 is 0 Å². The lowest BCUT2D eigenvalue weighted by Gasteiger charge is -2.24. The first-order valence-electron chi connectivity index (χ1n) is 15.2. The van der Waals surface area contributed by atoms with Gasteiger partial charge in [0.2, 0.25) is 5.71 Å². The van der Waals surface area contributed by atoms with Gasteiger partial charge >= 0.3 is 0 Å². The molecule has 0 aliphatic heterocycles. The van der Waals surface area contributed by atoms with Gasteiger partial charge in [0.1, 0.15) is 11.4 Å². The lowest BCUT2D eigenvalue weighted by Crippen LogP contribution is -2.09. The van der Waals surface area contributed by atoms with Crippen LogP contribution in [-0.2, 0) is 0 Å². The lowest BCUT2D eigenvalue weighted by molar-refractivity contribution is 0.652. The van der Waals surface area contributed by atoms with Crippen molar-refractivity contribution in [2.75, 3.05) is 0 Å². The van der Waals surface area contributed by atoms with Crippen molar-refractivity contribution in [1.29, 1.82) is 0 Å². The summed E-state index contributed by atoms with van der Waals surface area (Å²) in [5.74, 6) is 1.48. The third kappa shape index (κ3) is 4.36. The molecule has 0 aliphatic rings. The summed E-state index contributed by atoms with van der Waals surface area (Å²) in [6.45, 7) is 15.5. The Morgan fingerprint density at radius 3 is 2.02 bits per heavy atom. The van der Waals surface area contributed by atoms with Crippen LogP contribution in [0, 0.1) is 20.8 Å². The Kier molecular flexibility index (Phi) is 6.46. The maximum Gasteiger partial charge on any atom is 0.227 e. The van der Waals surface area contributed by atoms with Crippen molar-refractivity contribution in [2.45, 2.75) is 60.3 Å². The third-order valence-electron chi connectivity index (χ3n) is 8.67. The number of imidazole rings is 1. The Morgan fingerprint density at radius 2 is 1.33 bits per heavy atom. The standard InChI is InChI=1S/C39H37N3O/c1-22(2)30-20-28(27-13-9-8-10-14-27)21-31(23(3)4)36(30)42-33-16-12-11-15-32(33)41-38(42)29-18-17-24(5)34-35-25(6)19-26(7)40-39(35)43-37(29)34/h8-23H,1-7H3.